The van der Waals surface area contributed by atoms with Crippen molar-refractivity contribution in [3.05, 3.63) is 22.4 Å². The number of amides is 2. The Labute approximate surface area is 172 Å². The minimum absolute atomic E-state index is 0. The number of likely N-dealkylation sites (tertiary alicyclic amines) is 1. The van der Waals surface area contributed by atoms with Gasteiger partial charge in [0, 0.05) is 36.0 Å². The van der Waals surface area contributed by atoms with Crippen molar-refractivity contribution in [1.29, 1.82) is 0 Å². The molecule has 0 spiro atoms. The topological polar surface area (TPSA) is 75.4 Å². The maximum atomic E-state index is 12.9. The van der Waals surface area contributed by atoms with Crippen molar-refractivity contribution in [2.24, 2.45) is 17.6 Å². The van der Waals surface area contributed by atoms with E-state index >= 15 is 0 Å². The maximum Gasteiger partial charge on any atom is 0.227 e. The standard InChI is InChI=1S/C20H31N3O2S.ClH/c1-20(21)10-3-2-6-17(20)19(25)23-12-8-15(9-13-23)18(24)22-11-7-16-5-4-14-26-16;/h4-5,14-15,17H,2-3,6-13,21H2,1H3,(H,22,24);1H. The number of rotatable bonds is 5. The third-order valence-electron chi connectivity index (χ3n) is 5.98. The number of nitrogens with zero attached hydrogens (tertiary/aromatic N) is 1. The lowest BCUT2D eigenvalue weighted by Gasteiger charge is -2.41. The zero-order valence-corrected chi connectivity index (χ0v) is 17.7. The Hall–Kier alpha value is -1.11. The van der Waals surface area contributed by atoms with Crippen molar-refractivity contribution in [2.45, 2.75) is 57.4 Å². The number of carbonyl (C=O) groups is 2. The van der Waals surface area contributed by atoms with Crippen LogP contribution in [0.3, 0.4) is 0 Å². The van der Waals surface area contributed by atoms with Gasteiger partial charge in [-0.3, -0.25) is 9.59 Å². The van der Waals surface area contributed by atoms with Gasteiger partial charge >= 0.3 is 0 Å². The van der Waals surface area contributed by atoms with E-state index in [4.69, 9.17) is 5.73 Å². The van der Waals surface area contributed by atoms with E-state index in [9.17, 15) is 9.59 Å². The summed E-state index contributed by atoms with van der Waals surface area (Å²) in [6.07, 6.45) is 6.42. The second kappa shape index (κ2) is 9.89. The van der Waals surface area contributed by atoms with Gasteiger partial charge in [-0.1, -0.05) is 18.9 Å². The average molecular weight is 414 g/mol. The third-order valence-corrected chi connectivity index (χ3v) is 6.92. The lowest BCUT2D eigenvalue weighted by atomic mass is 9.73. The summed E-state index contributed by atoms with van der Waals surface area (Å²) in [7, 11) is 0. The van der Waals surface area contributed by atoms with Gasteiger partial charge in [0.2, 0.25) is 11.8 Å². The molecule has 2 amide bonds. The second-order valence-corrected chi connectivity index (χ2v) is 9.06. The molecular weight excluding hydrogens is 382 g/mol. The Morgan fingerprint density at radius 1 is 1.30 bits per heavy atom. The van der Waals surface area contributed by atoms with Gasteiger partial charge in [-0.2, -0.15) is 0 Å². The first-order valence-corrected chi connectivity index (χ1v) is 10.7. The molecule has 27 heavy (non-hydrogen) atoms. The molecule has 0 radical (unpaired) electrons. The molecule has 7 heteroatoms. The first-order chi connectivity index (χ1) is 12.5. The summed E-state index contributed by atoms with van der Waals surface area (Å²) in [6.45, 7) is 4.05. The second-order valence-electron chi connectivity index (χ2n) is 8.02. The zero-order chi connectivity index (χ0) is 18.6. The number of nitrogens with two attached hydrogens (primary N) is 1. The van der Waals surface area contributed by atoms with Gasteiger partial charge in [-0.15, -0.1) is 23.7 Å². The quantitative estimate of drug-likeness (QED) is 0.779. The van der Waals surface area contributed by atoms with Crippen LogP contribution in [0.5, 0.6) is 0 Å². The molecule has 1 aliphatic heterocycles. The molecule has 2 atom stereocenters. The Balaban J connectivity index is 0.00000261. The van der Waals surface area contributed by atoms with Crippen LogP contribution >= 0.6 is 23.7 Å². The summed E-state index contributed by atoms with van der Waals surface area (Å²) in [4.78, 5) is 28.5. The highest BCUT2D eigenvalue weighted by Crippen LogP contribution is 2.33. The highest BCUT2D eigenvalue weighted by molar-refractivity contribution is 7.09. The van der Waals surface area contributed by atoms with E-state index in [1.54, 1.807) is 11.3 Å². The molecule has 2 heterocycles. The largest absolute Gasteiger partial charge is 0.355 e. The van der Waals surface area contributed by atoms with Crippen LogP contribution in [0.1, 0.15) is 50.3 Å². The van der Waals surface area contributed by atoms with E-state index in [0.717, 1.165) is 44.9 Å². The smallest absolute Gasteiger partial charge is 0.227 e. The van der Waals surface area contributed by atoms with Crippen LogP contribution in [0.4, 0.5) is 0 Å². The number of hydrogen-bond donors (Lipinski definition) is 2. The summed E-state index contributed by atoms with van der Waals surface area (Å²) >= 11 is 1.72. The predicted octanol–water partition coefficient (Wildman–Crippen LogP) is 2.97. The van der Waals surface area contributed by atoms with Crippen molar-refractivity contribution >= 4 is 35.6 Å². The van der Waals surface area contributed by atoms with E-state index in [-0.39, 0.29) is 41.6 Å². The predicted molar refractivity (Wildman–Crippen MR) is 112 cm³/mol. The molecule has 1 aromatic rings. The Kier molecular flexibility index (Phi) is 8.13. The monoisotopic (exact) mass is 413 g/mol. The van der Waals surface area contributed by atoms with Crippen LogP contribution in [-0.2, 0) is 16.0 Å². The van der Waals surface area contributed by atoms with Crippen LogP contribution in [0, 0.1) is 11.8 Å². The molecule has 152 valence electrons. The normalized spacial score (nSPS) is 26.3. The summed E-state index contributed by atoms with van der Waals surface area (Å²) in [6, 6.07) is 4.13. The molecule has 1 saturated heterocycles. The van der Waals surface area contributed by atoms with Crippen molar-refractivity contribution in [2.75, 3.05) is 19.6 Å². The lowest BCUT2D eigenvalue weighted by Crippen LogP contribution is -2.55. The highest BCUT2D eigenvalue weighted by atomic mass is 35.5. The van der Waals surface area contributed by atoms with E-state index in [1.807, 2.05) is 17.9 Å². The number of carbonyl (C=O) groups excluding carboxylic acids is 2. The first kappa shape index (κ1) is 22.2. The molecule has 2 fully saturated rings. The minimum Gasteiger partial charge on any atom is -0.355 e. The van der Waals surface area contributed by atoms with Gasteiger partial charge in [0.05, 0.1) is 5.92 Å². The molecule has 2 aliphatic rings. The number of hydrogen-bond acceptors (Lipinski definition) is 4. The number of nitrogens with one attached hydrogen (secondary N) is 1. The lowest BCUT2D eigenvalue weighted by molar-refractivity contribution is -0.142. The average Bonchev–Trinajstić information content (AvgIpc) is 3.14. The van der Waals surface area contributed by atoms with Crippen molar-refractivity contribution in [1.82, 2.24) is 10.2 Å². The molecule has 1 aromatic heterocycles. The molecule has 1 saturated carbocycles. The number of piperidine rings is 1. The van der Waals surface area contributed by atoms with Crippen molar-refractivity contribution in [3.8, 4) is 0 Å². The zero-order valence-electron chi connectivity index (χ0n) is 16.1. The summed E-state index contributed by atoms with van der Waals surface area (Å²) in [5, 5.41) is 5.11. The molecule has 0 bridgehead atoms. The maximum absolute atomic E-state index is 12.9. The van der Waals surface area contributed by atoms with Crippen LogP contribution in [0.2, 0.25) is 0 Å². The molecule has 5 nitrogen and oxygen atoms in total. The van der Waals surface area contributed by atoms with E-state index in [2.05, 4.69) is 16.8 Å². The van der Waals surface area contributed by atoms with Crippen LogP contribution in [0.25, 0.3) is 0 Å². The fourth-order valence-electron chi connectivity index (χ4n) is 4.25. The highest BCUT2D eigenvalue weighted by Gasteiger charge is 2.40. The Bertz CT molecular complexity index is 613. The van der Waals surface area contributed by atoms with Gasteiger partial charge in [0.25, 0.3) is 0 Å². The van der Waals surface area contributed by atoms with E-state index < -0.39 is 0 Å². The van der Waals surface area contributed by atoms with Gasteiger partial charge < -0.3 is 16.0 Å². The van der Waals surface area contributed by atoms with Gasteiger partial charge in [-0.25, -0.2) is 0 Å². The van der Waals surface area contributed by atoms with E-state index in [0.29, 0.717) is 19.6 Å². The number of halogens is 1. The van der Waals surface area contributed by atoms with E-state index in [1.165, 1.54) is 4.88 Å². The fraction of sp³-hybridized carbons (Fsp3) is 0.700. The van der Waals surface area contributed by atoms with Crippen LogP contribution in [-0.4, -0.2) is 41.9 Å². The first-order valence-electron chi connectivity index (χ1n) is 9.85. The SMILES string of the molecule is CC1(N)CCCCC1C(=O)N1CCC(C(=O)NCCc2cccs2)CC1.Cl. The van der Waals surface area contributed by atoms with Crippen LogP contribution < -0.4 is 11.1 Å². The summed E-state index contributed by atoms with van der Waals surface area (Å²) in [5.41, 5.74) is 6.01. The molecule has 0 aromatic carbocycles. The summed E-state index contributed by atoms with van der Waals surface area (Å²) in [5.74, 6) is 0.298. The number of thiophene rings is 1. The molecule has 1 aliphatic carbocycles. The molecule has 3 N–H and O–H groups in total. The summed E-state index contributed by atoms with van der Waals surface area (Å²) < 4.78 is 0. The van der Waals surface area contributed by atoms with Crippen molar-refractivity contribution in [3.63, 3.8) is 0 Å². The van der Waals surface area contributed by atoms with Gasteiger partial charge in [0.15, 0.2) is 0 Å². The molecule has 3 rings (SSSR count). The third kappa shape index (κ3) is 5.69. The Morgan fingerprint density at radius 3 is 2.67 bits per heavy atom. The molecule has 2 unspecified atom stereocenters. The minimum atomic E-state index is -0.384. The van der Waals surface area contributed by atoms with Gasteiger partial charge in [0.1, 0.15) is 0 Å². The molecular formula is C20H32ClN3O2S. The van der Waals surface area contributed by atoms with Crippen LogP contribution in [0.15, 0.2) is 17.5 Å². The van der Waals surface area contributed by atoms with Gasteiger partial charge in [-0.05, 0) is 50.5 Å². The fourth-order valence-corrected chi connectivity index (χ4v) is 4.96. The van der Waals surface area contributed by atoms with Crippen molar-refractivity contribution < 1.29 is 9.59 Å². The Morgan fingerprint density at radius 2 is 2.04 bits per heavy atom.